The maximum atomic E-state index is 12.3. The molecular formula is C19H27NO3. The van der Waals surface area contributed by atoms with Crippen molar-refractivity contribution in [3.8, 4) is 0 Å². The van der Waals surface area contributed by atoms with Gasteiger partial charge in [-0.15, -0.1) is 0 Å². The normalized spacial score (nSPS) is 12.3. The second-order valence-corrected chi connectivity index (χ2v) is 6.89. The molecule has 0 aliphatic carbocycles. The Hall–Kier alpha value is -2.10. The van der Waals surface area contributed by atoms with Crippen molar-refractivity contribution in [1.29, 1.82) is 0 Å². The Morgan fingerprint density at radius 2 is 1.74 bits per heavy atom. The molecular weight excluding hydrogens is 290 g/mol. The van der Waals surface area contributed by atoms with Crippen molar-refractivity contribution >= 4 is 11.9 Å². The van der Waals surface area contributed by atoms with Crippen LogP contribution < -0.4 is 5.32 Å². The number of nitrogens with one attached hydrogen (secondary N) is 1. The van der Waals surface area contributed by atoms with Crippen LogP contribution in [0.25, 0.3) is 0 Å². The van der Waals surface area contributed by atoms with E-state index in [-0.39, 0.29) is 11.3 Å². The monoisotopic (exact) mass is 317 g/mol. The van der Waals surface area contributed by atoms with Gasteiger partial charge in [-0.1, -0.05) is 44.6 Å². The van der Waals surface area contributed by atoms with E-state index < -0.39 is 12.0 Å². The average Bonchev–Trinajstić information content (AvgIpc) is 2.49. The summed E-state index contributed by atoms with van der Waals surface area (Å²) in [6.07, 6.45) is 2.32. The van der Waals surface area contributed by atoms with Gasteiger partial charge in [-0.25, -0.2) is 4.79 Å². The summed E-state index contributed by atoms with van der Waals surface area (Å²) in [5.74, 6) is -0.717. The van der Waals surface area contributed by atoms with Crippen LogP contribution in [0.15, 0.2) is 35.9 Å². The minimum absolute atomic E-state index is 0.0347. The smallest absolute Gasteiger partial charge is 0.328 e. The topological polar surface area (TPSA) is 55.4 Å². The van der Waals surface area contributed by atoms with Crippen molar-refractivity contribution in [1.82, 2.24) is 5.32 Å². The third kappa shape index (κ3) is 5.89. The van der Waals surface area contributed by atoms with E-state index in [2.05, 4.69) is 26.1 Å². The SMILES string of the molecule is COC(=O)[C@H](CC=C(C)C)NC(=O)c1ccc(C(C)(C)C)cc1. The van der Waals surface area contributed by atoms with Gasteiger partial charge in [-0.05, 0) is 43.4 Å². The highest BCUT2D eigenvalue weighted by atomic mass is 16.5. The van der Waals surface area contributed by atoms with Crippen LogP contribution in [0, 0.1) is 0 Å². The largest absolute Gasteiger partial charge is 0.467 e. The van der Waals surface area contributed by atoms with Crippen molar-refractivity contribution in [3.63, 3.8) is 0 Å². The maximum Gasteiger partial charge on any atom is 0.328 e. The third-order valence-electron chi connectivity index (χ3n) is 3.57. The van der Waals surface area contributed by atoms with E-state index in [0.29, 0.717) is 12.0 Å². The fourth-order valence-corrected chi connectivity index (χ4v) is 2.07. The molecule has 23 heavy (non-hydrogen) atoms. The van der Waals surface area contributed by atoms with Crippen molar-refractivity contribution in [2.24, 2.45) is 0 Å². The number of esters is 1. The van der Waals surface area contributed by atoms with Crippen LogP contribution in [0.2, 0.25) is 0 Å². The van der Waals surface area contributed by atoms with Gasteiger partial charge in [0.2, 0.25) is 0 Å². The van der Waals surface area contributed by atoms with Crippen LogP contribution in [0.1, 0.15) is 57.0 Å². The van der Waals surface area contributed by atoms with Crippen LogP contribution in [0.5, 0.6) is 0 Å². The summed E-state index contributed by atoms with van der Waals surface area (Å²) >= 11 is 0. The minimum atomic E-state index is -0.676. The number of hydrogen-bond donors (Lipinski definition) is 1. The molecule has 0 fully saturated rings. The van der Waals surface area contributed by atoms with Crippen LogP contribution in [-0.4, -0.2) is 25.0 Å². The molecule has 0 radical (unpaired) electrons. The summed E-state index contributed by atoms with van der Waals surface area (Å²) in [5, 5.41) is 2.74. The Morgan fingerprint density at radius 3 is 2.17 bits per heavy atom. The Labute approximate surface area is 138 Å². The zero-order valence-corrected chi connectivity index (χ0v) is 14.9. The van der Waals surface area contributed by atoms with Crippen molar-refractivity contribution in [3.05, 3.63) is 47.0 Å². The minimum Gasteiger partial charge on any atom is -0.467 e. The highest BCUT2D eigenvalue weighted by Crippen LogP contribution is 2.22. The van der Waals surface area contributed by atoms with Gasteiger partial charge >= 0.3 is 5.97 Å². The number of allylic oxidation sites excluding steroid dienone is 1. The fourth-order valence-electron chi connectivity index (χ4n) is 2.07. The van der Waals surface area contributed by atoms with Gasteiger partial charge in [-0.3, -0.25) is 4.79 Å². The van der Waals surface area contributed by atoms with Crippen LogP contribution in [-0.2, 0) is 14.9 Å². The molecule has 1 amide bonds. The molecule has 0 aromatic heterocycles. The summed E-state index contributed by atoms with van der Waals surface area (Å²) in [6, 6.07) is 6.77. The number of carbonyl (C=O) groups is 2. The summed E-state index contributed by atoms with van der Waals surface area (Å²) in [4.78, 5) is 24.2. The van der Waals surface area contributed by atoms with Gasteiger partial charge in [0.1, 0.15) is 6.04 Å². The van der Waals surface area contributed by atoms with Gasteiger partial charge < -0.3 is 10.1 Å². The first-order valence-corrected chi connectivity index (χ1v) is 7.77. The van der Waals surface area contributed by atoms with E-state index in [1.54, 1.807) is 12.1 Å². The highest BCUT2D eigenvalue weighted by molar-refractivity contribution is 5.96. The second-order valence-electron chi connectivity index (χ2n) is 6.89. The third-order valence-corrected chi connectivity index (χ3v) is 3.57. The first-order valence-electron chi connectivity index (χ1n) is 7.77. The van der Waals surface area contributed by atoms with E-state index in [1.807, 2.05) is 32.1 Å². The second kappa shape index (κ2) is 7.95. The van der Waals surface area contributed by atoms with Gasteiger partial charge in [0, 0.05) is 5.56 Å². The molecule has 0 spiro atoms. The molecule has 4 heteroatoms. The Balaban J connectivity index is 2.86. The molecule has 0 heterocycles. The van der Waals surface area contributed by atoms with Crippen LogP contribution in [0.3, 0.4) is 0 Å². The summed E-state index contributed by atoms with van der Waals surface area (Å²) in [5.41, 5.74) is 2.81. The summed E-state index contributed by atoms with van der Waals surface area (Å²) < 4.78 is 4.76. The van der Waals surface area contributed by atoms with E-state index in [0.717, 1.165) is 11.1 Å². The van der Waals surface area contributed by atoms with E-state index in [9.17, 15) is 9.59 Å². The van der Waals surface area contributed by atoms with Crippen molar-refractivity contribution in [2.45, 2.75) is 52.5 Å². The zero-order valence-electron chi connectivity index (χ0n) is 14.9. The highest BCUT2D eigenvalue weighted by Gasteiger charge is 2.21. The molecule has 1 rings (SSSR count). The molecule has 4 nitrogen and oxygen atoms in total. The molecule has 0 saturated heterocycles. The predicted octanol–water partition coefficient (Wildman–Crippen LogP) is 3.61. The van der Waals surface area contributed by atoms with Gasteiger partial charge in [0.25, 0.3) is 5.91 Å². The van der Waals surface area contributed by atoms with Gasteiger partial charge in [0.15, 0.2) is 0 Å². The number of hydrogen-bond acceptors (Lipinski definition) is 3. The molecule has 0 aliphatic rings. The lowest BCUT2D eigenvalue weighted by Crippen LogP contribution is -2.41. The first-order chi connectivity index (χ1) is 10.6. The lowest BCUT2D eigenvalue weighted by molar-refractivity contribution is -0.142. The van der Waals surface area contributed by atoms with Gasteiger partial charge in [0.05, 0.1) is 7.11 Å². The molecule has 126 valence electrons. The standard InChI is InChI=1S/C19H27NO3/c1-13(2)7-12-16(18(22)23-6)20-17(21)14-8-10-15(11-9-14)19(3,4)5/h7-11,16H,12H2,1-6H3,(H,20,21)/t16-/m0/s1. The first kappa shape index (κ1) is 18.9. The molecule has 0 saturated carbocycles. The molecule has 0 aliphatic heterocycles. The Bertz CT molecular complexity index is 576. The molecule has 0 bridgehead atoms. The van der Waals surface area contributed by atoms with Crippen LogP contribution in [0.4, 0.5) is 0 Å². The fraction of sp³-hybridized carbons (Fsp3) is 0.474. The number of ether oxygens (including phenoxy) is 1. The zero-order chi connectivity index (χ0) is 17.6. The summed E-state index contributed by atoms with van der Waals surface area (Å²) in [7, 11) is 1.32. The molecule has 0 unspecified atom stereocenters. The quantitative estimate of drug-likeness (QED) is 0.666. The van der Waals surface area contributed by atoms with Crippen molar-refractivity contribution in [2.75, 3.05) is 7.11 Å². The molecule has 1 atom stereocenters. The Morgan fingerprint density at radius 1 is 1.17 bits per heavy atom. The maximum absolute atomic E-state index is 12.3. The molecule has 1 N–H and O–H groups in total. The number of rotatable bonds is 5. The number of carbonyl (C=O) groups excluding carboxylic acids is 2. The van der Waals surface area contributed by atoms with E-state index in [4.69, 9.17) is 4.74 Å². The number of benzene rings is 1. The average molecular weight is 317 g/mol. The Kier molecular flexibility index (Phi) is 6.55. The lowest BCUT2D eigenvalue weighted by atomic mass is 9.86. The van der Waals surface area contributed by atoms with Crippen LogP contribution >= 0.6 is 0 Å². The molecule has 1 aromatic carbocycles. The molecule has 1 aromatic rings. The lowest BCUT2D eigenvalue weighted by Gasteiger charge is -2.19. The number of methoxy groups -OCH3 is 1. The van der Waals surface area contributed by atoms with E-state index in [1.165, 1.54) is 7.11 Å². The van der Waals surface area contributed by atoms with Crippen molar-refractivity contribution < 1.29 is 14.3 Å². The van der Waals surface area contributed by atoms with Gasteiger partial charge in [-0.2, -0.15) is 0 Å². The van der Waals surface area contributed by atoms with E-state index >= 15 is 0 Å². The summed E-state index contributed by atoms with van der Waals surface area (Å²) in [6.45, 7) is 10.3. The predicted molar refractivity (Wildman–Crippen MR) is 92.5 cm³/mol. The number of amides is 1.